The second-order valence-electron chi connectivity index (χ2n) is 5.91. The molecule has 180 valence electrons. The summed E-state index contributed by atoms with van der Waals surface area (Å²) in [6.45, 7) is -0.469. The van der Waals surface area contributed by atoms with E-state index in [9.17, 15) is 41.0 Å². The van der Waals surface area contributed by atoms with Crippen molar-refractivity contribution in [1.82, 2.24) is 4.98 Å². The molecule has 0 fully saturated rings. The van der Waals surface area contributed by atoms with E-state index in [0.717, 1.165) is 6.92 Å². The molecule has 7 nitrogen and oxygen atoms in total. The van der Waals surface area contributed by atoms with E-state index in [2.05, 4.69) is 14.5 Å². The number of hydrogen-bond acceptors (Lipinski definition) is 6. The molecule has 2 rings (SSSR count). The third kappa shape index (κ3) is 6.32. The predicted octanol–water partition coefficient (Wildman–Crippen LogP) is 5.51. The van der Waals surface area contributed by atoms with Gasteiger partial charge in [0.25, 0.3) is 0 Å². The van der Waals surface area contributed by atoms with Crippen molar-refractivity contribution in [3.63, 3.8) is 0 Å². The largest absolute Gasteiger partial charge is 0.488 e. The first-order valence-corrected chi connectivity index (χ1v) is 9.29. The molecule has 1 aromatic carbocycles. The topological polar surface area (TPSA) is 95.0 Å². The normalized spacial score (nSPS) is 11.8. The molecule has 33 heavy (non-hydrogen) atoms. The van der Waals surface area contributed by atoms with Gasteiger partial charge in [0.2, 0.25) is 0 Å². The van der Waals surface area contributed by atoms with Crippen molar-refractivity contribution in [1.29, 1.82) is 0 Å². The van der Waals surface area contributed by atoms with Gasteiger partial charge >= 0.3 is 24.3 Å². The Bertz CT molecular complexity index is 1070. The van der Waals surface area contributed by atoms with Crippen LogP contribution in [0.15, 0.2) is 18.2 Å². The zero-order valence-corrected chi connectivity index (χ0v) is 17.6. The van der Waals surface area contributed by atoms with Crippen LogP contribution in [0.5, 0.6) is 17.2 Å². The Balaban J connectivity index is 2.58. The number of esters is 1. The van der Waals surface area contributed by atoms with Crippen LogP contribution < -0.4 is 14.2 Å². The average molecular weight is 522 g/mol. The van der Waals surface area contributed by atoms with Crippen LogP contribution in [0.2, 0.25) is 10.0 Å². The number of carbonyl (C=O) groups is 2. The number of carboxylic acids is 1. The fourth-order valence-electron chi connectivity index (χ4n) is 2.39. The number of alkyl halides is 6. The minimum Gasteiger partial charge on any atom is -0.488 e. The van der Waals surface area contributed by atoms with Crippen LogP contribution in [0.4, 0.5) is 26.3 Å². The molecule has 0 aliphatic rings. The third-order valence-electron chi connectivity index (χ3n) is 3.60. The molecule has 0 spiro atoms. The number of nitrogens with zero attached hydrogens (tertiary/aromatic N) is 1. The number of pyridine rings is 1. The molecule has 0 bridgehead atoms. The molecule has 1 N–H and O–H groups in total. The second kappa shape index (κ2) is 9.91. The van der Waals surface area contributed by atoms with Crippen molar-refractivity contribution in [2.75, 3.05) is 13.2 Å². The van der Waals surface area contributed by atoms with Crippen LogP contribution in [0.25, 0.3) is 0 Å². The summed E-state index contributed by atoms with van der Waals surface area (Å²) >= 11 is 11.5. The van der Waals surface area contributed by atoms with Crippen LogP contribution in [-0.4, -0.2) is 35.2 Å². The molecule has 0 aliphatic heterocycles. The van der Waals surface area contributed by atoms with Crippen LogP contribution in [0.1, 0.15) is 28.7 Å². The summed E-state index contributed by atoms with van der Waals surface area (Å²) in [7, 11) is 0. The number of benzene rings is 1. The molecule has 0 unspecified atom stereocenters. The third-order valence-corrected chi connectivity index (χ3v) is 4.13. The van der Waals surface area contributed by atoms with Gasteiger partial charge in [-0.05, 0) is 25.1 Å². The predicted molar refractivity (Wildman–Crippen MR) is 100.0 cm³/mol. The van der Waals surface area contributed by atoms with Crippen LogP contribution in [0, 0.1) is 0 Å². The number of carboxylic acid groups (broad SMARTS) is 1. The van der Waals surface area contributed by atoms with E-state index in [1.165, 1.54) is 18.2 Å². The van der Waals surface area contributed by atoms with Crippen LogP contribution >= 0.6 is 23.2 Å². The highest BCUT2D eigenvalue weighted by Gasteiger charge is 2.47. The smallest absolute Gasteiger partial charge is 0.437 e. The molecule has 1 heterocycles. The van der Waals surface area contributed by atoms with Gasteiger partial charge in [-0.15, -0.1) is 0 Å². The van der Waals surface area contributed by atoms with Crippen molar-refractivity contribution in [2.24, 2.45) is 0 Å². The highest BCUT2D eigenvalue weighted by molar-refractivity contribution is 6.35. The lowest BCUT2D eigenvalue weighted by atomic mass is 10.1. The lowest BCUT2D eigenvalue weighted by Crippen LogP contribution is -2.25. The average Bonchev–Trinajstić information content (AvgIpc) is 2.66. The molecule has 1 aromatic heterocycles. The maximum absolute atomic E-state index is 13.4. The Morgan fingerprint density at radius 1 is 1.00 bits per heavy atom. The van der Waals surface area contributed by atoms with E-state index in [0.29, 0.717) is 0 Å². The van der Waals surface area contributed by atoms with Gasteiger partial charge in [0.05, 0.1) is 11.6 Å². The number of aromatic nitrogens is 1. The van der Waals surface area contributed by atoms with Crippen molar-refractivity contribution in [3.8, 4) is 17.2 Å². The van der Waals surface area contributed by atoms with E-state index in [-0.39, 0.29) is 15.8 Å². The summed E-state index contributed by atoms with van der Waals surface area (Å²) < 4.78 is 94.4. The molecule has 15 heteroatoms. The van der Waals surface area contributed by atoms with Gasteiger partial charge in [-0.1, -0.05) is 23.2 Å². The van der Waals surface area contributed by atoms with E-state index < -0.39 is 66.0 Å². The minimum atomic E-state index is -5.65. The summed E-state index contributed by atoms with van der Waals surface area (Å²) in [4.78, 5) is 26.1. The Morgan fingerprint density at radius 3 is 2.09 bits per heavy atom. The Labute approximate surface area is 190 Å². The summed E-state index contributed by atoms with van der Waals surface area (Å²) in [6, 6.07) is 3.77. The van der Waals surface area contributed by atoms with Gasteiger partial charge in [0.15, 0.2) is 29.5 Å². The van der Waals surface area contributed by atoms with Crippen LogP contribution in [0.3, 0.4) is 0 Å². The lowest BCUT2D eigenvalue weighted by Gasteiger charge is -2.21. The summed E-state index contributed by atoms with van der Waals surface area (Å²) in [5.41, 5.74) is -6.52. The zero-order valence-electron chi connectivity index (χ0n) is 16.1. The maximum atomic E-state index is 13.4. The van der Waals surface area contributed by atoms with Crippen molar-refractivity contribution < 1.29 is 55.2 Å². The first-order valence-electron chi connectivity index (χ1n) is 8.53. The highest BCUT2D eigenvalue weighted by atomic mass is 35.5. The Morgan fingerprint density at radius 2 is 1.61 bits per heavy atom. The summed E-state index contributed by atoms with van der Waals surface area (Å²) in [6.07, 6.45) is -11.2. The fraction of sp³-hybridized carbons (Fsp3) is 0.278. The molecule has 0 saturated carbocycles. The van der Waals surface area contributed by atoms with Gasteiger partial charge in [-0.2, -0.15) is 26.3 Å². The van der Waals surface area contributed by atoms with Gasteiger partial charge < -0.3 is 19.3 Å². The lowest BCUT2D eigenvalue weighted by molar-refractivity contribution is -0.152. The number of rotatable bonds is 7. The number of carbonyl (C=O) groups excluding carboxylic acids is 1. The van der Waals surface area contributed by atoms with Gasteiger partial charge in [0.1, 0.15) is 11.3 Å². The van der Waals surface area contributed by atoms with E-state index in [1.54, 1.807) is 0 Å². The molecule has 0 radical (unpaired) electrons. The first-order chi connectivity index (χ1) is 15.2. The maximum Gasteiger partial charge on any atom is 0.437 e. The molecular weight excluding hydrogens is 511 g/mol. The van der Waals surface area contributed by atoms with Crippen molar-refractivity contribution in [3.05, 3.63) is 45.2 Å². The quantitative estimate of drug-likeness (QED) is 0.379. The van der Waals surface area contributed by atoms with Crippen molar-refractivity contribution in [2.45, 2.75) is 19.3 Å². The second-order valence-corrected chi connectivity index (χ2v) is 6.76. The number of hydrogen-bond donors (Lipinski definition) is 1. The SMILES string of the molecule is CCOc1c(C(F)(F)F)nc(C(F)(F)F)c(C(=O)O)c1OC(=O)COc1ccc(Cl)cc1Cl. The molecule has 0 atom stereocenters. The molecule has 0 aliphatic carbocycles. The Kier molecular flexibility index (Phi) is 7.91. The molecular formula is C18H11Cl2F6NO6. The van der Waals surface area contributed by atoms with Gasteiger partial charge in [-0.3, -0.25) is 0 Å². The first kappa shape index (κ1) is 26.3. The van der Waals surface area contributed by atoms with E-state index in [1.807, 2.05) is 0 Å². The number of ether oxygens (including phenoxy) is 3. The van der Waals surface area contributed by atoms with Gasteiger partial charge in [-0.25, -0.2) is 14.6 Å². The Hall–Kier alpha value is -2.93. The van der Waals surface area contributed by atoms with E-state index in [4.69, 9.17) is 27.9 Å². The molecule has 2 aromatic rings. The molecule has 0 amide bonds. The number of aromatic carboxylic acids is 1. The highest BCUT2D eigenvalue weighted by Crippen LogP contribution is 2.46. The summed E-state index contributed by atoms with van der Waals surface area (Å²) in [5.74, 6) is -7.18. The van der Waals surface area contributed by atoms with E-state index >= 15 is 0 Å². The zero-order chi connectivity index (χ0) is 25.1. The minimum absolute atomic E-state index is 0.0702. The standard InChI is InChI=1S/C18H11Cl2F6NO6/c1-2-31-13-12(33-10(28)6-32-9-4-3-7(19)5-8(9)20)11(16(29)30)14(17(21,22)23)27-15(13)18(24,25)26/h3-5H,2,6H2,1H3,(H,29,30). The monoisotopic (exact) mass is 521 g/mol. The summed E-state index contributed by atoms with van der Waals surface area (Å²) in [5, 5.41) is 9.39. The van der Waals surface area contributed by atoms with Crippen LogP contribution in [-0.2, 0) is 17.1 Å². The number of halogens is 8. The van der Waals surface area contributed by atoms with Crippen molar-refractivity contribution >= 4 is 35.1 Å². The molecule has 0 saturated heterocycles. The fourth-order valence-corrected chi connectivity index (χ4v) is 2.85. The van der Waals surface area contributed by atoms with Gasteiger partial charge in [0, 0.05) is 5.02 Å².